The van der Waals surface area contributed by atoms with Crippen LogP contribution in [0, 0.1) is 0 Å². The summed E-state index contributed by atoms with van der Waals surface area (Å²) in [7, 11) is -2.72. The number of hydrogen-bond acceptors (Lipinski definition) is 5. The van der Waals surface area contributed by atoms with Gasteiger partial charge < -0.3 is 5.11 Å². The van der Waals surface area contributed by atoms with E-state index in [9.17, 15) is 5.11 Å². The molecule has 0 rings (SSSR count). The average molecular weight is 496 g/mol. The third-order valence-electron chi connectivity index (χ3n) is 5.58. The normalized spacial score (nSPS) is 13.0. The monoisotopic (exact) mass is 495 g/mol. The maximum Gasteiger partial charge on any atom is 0.443 e. The molecule has 6 heteroatoms. The lowest BCUT2D eigenvalue weighted by atomic mass is 10.1. The van der Waals surface area contributed by atoms with Crippen LogP contribution in [0.1, 0.15) is 130 Å². The highest BCUT2D eigenvalue weighted by atomic mass is 32.2. The zero-order valence-corrected chi connectivity index (χ0v) is 23.7. The lowest BCUT2D eigenvalue weighted by Gasteiger charge is -2.26. The fourth-order valence-electron chi connectivity index (χ4n) is 3.35. The molecule has 1 N–H and O–H groups in total. The minimum Gasteiger partial charge on any atom is -0.352 e. The van der Waals surface area contributed by atoms with E-state index in [1.165, 1.54) is 64.2 Å². The predicted octanol–water partition coefficient (Wildman–Crippen LogP) is 9.17. The third kappa shape index (κ3) is 18.0. The largest absolute Gasteiger partial charge is 0.443 e. The van der Waals surface area contributed by atoms with Crippen molar-refractivity contribution in [3.63, 3.8) is 0 Å². The van der Waals surface area contributed by atoms with E-state index in [-0.39, 0.29) is 0 Å². The van der Waals surface area contributed by atoms with Crippen LogP contribution < -0.4 is 0 Å². The van der Waals surface area contributed by atoms with Crippen molar-refractivity contribution in [2.75, 3.05) is 31.3 Å². The summed E-state index contributed by atoms with van der Waals surface area (Å²) in [5, 5.41) is 11.1. The highest BCUT2D eigenvalue weighted by Gasteiger charge is 2.53. The van der Waals surface area contributed by atoms with Crippen molar-refractivity contribution in [1.29, 1.82) is 0 Å². The van der Waals surface area contributed by atoms with Gasteiger partial charge in [0.25, 0.3) is 5.85 Å². The molecule has 0 aliphatic carbocycles. The van der Waals surface area contributed by atoms with Crippen LogP contribution in [0.25, 0.3) is 0 Å². The molecule has 0 aromatic carbocycles. The topological polar surface area (TPSA) is 47.9 Å². The molecule has 0 saturated heterocycles. The van der Waals surface area contributed by atoms with Crippen LogP contribution in [0.15, 0.2) is 0 Å². The van der Waals surface area contributed by atoms with Gasteiger partial charge in [-0.3, -0.25) is 0 Å². The number of unbranched alkanes of at least 4 members (excludes halogenated alkanes) is 12. The summed E-state index contributed by atoms with van der Waals surface area (Å²) in [6.45, 7) is 10.5. The maximum atomic E-state index is 11.1. The van der Waals surface area contributed by atoms with Crippen molar-refractivity contribution in [2.45, 2.75) is 136 Å². The molecule has 0 aromatic rings. The first-order valence-corrected chi connectivity index (χ1v) is 16.5. The van der Waals surface area contributed by atoms with Gasteiger partial charge in [-0.15, -0.1) is 0 Å². The predicted molar refractivity (Wildman–Crippen MR) is 145 cm³/mol. The molecule has 0 aliphatic rings. The fraction of sp³-hybridized carbons (Fsp3) is 1.00. The van der Waals surface area contributed by atoms with E-state index in [0.717, 1.165) is 44.3 Å². The SMILES string of the molecule is CCCCCCCCCCCCSCC(O)[P+](OCCCC)(OCCCC)OCCCC. The summed E-state index contributed by atoms with van der Waals surface area (Å²) in [6.07, 6.45) is 19.7. The van der Waals surface area contributed by atoms with E-state index in [2.05, 4.69) is 27.7 Å². The van der Waals surface area contributed by atoms with Crippen molar-refractivity contribution < 1.29 is 18.7 Å². The minimum atomic E-state index is -2.72. The van der Waals surface area contributed by atoms with Crippen LogP contribution >= 0.6 is 19.7 Å². The maximum absolute atomic E-state index is 11.1. The Morgan fingerprint density at radius 2 is 0.938 bits per heavy atom. The summed E-state index contributed by atoms with van der Waals surface area (Å²) >= 11 is 1.82. The third-order valence-corrected chi connectivity index (χ3v) is 9.50. The molecule has 0 saturated carbocycles. The molecule has 0 aromatic heterocycles. The fourth-order valence-corrected chi connectivity index (χ4v) is 7.07. The highest BCUT2D eigenvalue weighted by molar-refractivity contribution is 7.99. The molecule has 194 valence electrons. The number of aliphatic hydroxyl groups is 1. The van der Waals surface area contributed by atoms with E-state index < -0.39 is 13.8 Å². The molecule has 0 bridgehead atoms. The van der Waals surface area contributed by atoms with Gasteiger partial charge in [0.1, 0.15) is 0 Å². The Kier molecular flexibility index (Phi) is 25.2. The van der Waals surface area contributed by atoms with Gasteiger partial charge in [0.2, 0.25) is 0 Å². The van der Waals surface area contributed by atoms with Gasteiger partial charge in [-0.2, -0.15) is 25.3 Å². The Morgan fingerprint density at radius 3 is 1.34 bits per heavy atom. The van der Waals surface area contributed by atoms with Crippen LogP contribution in [0.2, 0.25) is 0 Å². The molecule has 0 amide bonds. The van der Waals surface area contributed by atoms with Crippen molar-refractivity contribution in [2.24, 2.45) is 0 Å². The smallest absolute Gasteiger partial charge is 0.352 e. The molecule has 0 fully saturated rings. The molecular formula is C26H56O4PS+. The standard InChI is InChI=1S/C26H56O4PS/c1-5-9-13-14-15-16-17-18-19-20-24-32-25-26(27)31(28-21-10-6-2,29-22-11-7-3)30-23-12-8-4/h26-27H,5-25H2,1-4H3/q+1. The second-order valence-corrected chi connectivity index (χ2v) is 12.4. The van der Waals surface area contributed by atoms with Crippen LogP contribution in [-0.4, -0.2) is 42.3 Å². The van der Waals surface area contributed by atoms with Crippen molar-refractivity contribution >= 4 is 19.7 Å². The molecule has 0 radical (unpaired) electrons. The van der Waals surface area contributed by atoms with Crippen molar-refractivity contribution in [3.05, 3.63) is 0 Å². The number of hydrogen-bond donors (Lipinski definition) is 1. The van der Waals surface area contributed by atoms with Gasteiger partial charge in [-0.05, 0) is 31.4 Å². The molecule has 1 unspecified atom stereocenters. The number of rotatable bonds is 26. The van der Waals surface area contributed by atoms with E-state index in [1.54, 1.807) is 0 Å². The van der Waals surface area contributed by atoms with E-state index in [1.807, 2.05) is 11.8 Å². The second-order valence-electron chi connectivity index (χ2n) is 8.84. The second kappa shape index (κ2) is 24.7. The molecule has 1 atom stereocenters. The summed E-state index contributed by atoms with van der Waals surface area (Å²) in [4.78, 5) is 0. The van der Waals surface area contributed by atoms with Gasteiger partial charge in [0, 0.05) is 0 Å². The van der Waals surface area contributed by atoms with E-state index in [0.29, 0.717) is 25.6 Å². The Bertz CT molecular complexity index is 347. The summed E-state index contributed by atoms with van der Waals surface area (Å²) in [5.74, 6) is 1.06. The summed E-state index contributed by atoms with van der Waals surface area (Å²) in [6, 6.07) is 0. The molecule has 0 heterocycles. The molecular weight excluding hydrogens is 439 g/mol. The van der Waals surface area contributed by atoms with Gasteiger partial charge in [-0.25, -0.2) is 0 Å². The Balaban J connectivity index is 4.30. The molecule has 32 heavy (non-hydrogen) atoms. The van der Waals surface area contributed by atoms with Gasteiger partial charge in [-0.1, -0.05) is 105 Å². The Hall–Kier alpha value is 0.620. The number of aliphatic hydroxyl groups excluding tert-OH is 1. The Morgan fingerprint density at radius 1 is 0.562 bits per heavy atom. The average Bonchev–Trinajstić information content (AvgIpc) is 2.79. The summed E-state index contributed by atoms with van der Waals surface area (Å²) in [5.41, 5.74) is 0. The lowest BCUT2D eigenvalue weighted by molar-refractivity contribution is 0.0915. The van der Waals surface area contributed by atoms with Crippen molar-refractivity contribution in [3.8, 4) is 0 Å². The minimum absolute atomic E-state index is 0.600. The van der Waals surface area contributed by atoms with E-state index >= 15 is 0 Å². The van der Waals surface area contributed by atoms with Gasteiger partial charge in [0.05, 0.1) is 25.6 Å². The molecule has 4 nitrogen and oxygen atoms in total. The molecule has 0 spiro atoms. The van der Waals surface area contributed by atoms with Crippen LogP contribution in [-0.2, 0) is 13.6 Å². The van der Waals surface area contributed by atoms with Crippen LogP contribution in [0.3, 0.4) is 0 Å². The first-order chi connectivity index (χ1) is 15.7. The van der Waals surface area contributed by atoms with Crippen molar-refractivity contribution in [1.82, 2.24) is 0 Å². The highest BCUT2D eigenvalue weighted by Crippen LogP contribution is 2.66. The first kappa shape index (κ1) is 32.6. The van der Waals surface area contributed by atoms with E-state index in [4.69, 9.17) is 13.6 Å². The summed E-state index contributed by atoms with van der Waals surface area (Å²) < 4.78 is 18.6. The lowest BCUT2D eigenvalue weighted by Crippen LogP contribution is -2.24. The quantitative estimate of drug-likeness (QED) is 0.0957. The van der Waals surface area contributed by atoms with Gasteiger partial charge >= 0.3 is 7.94 Å². The van der Waals surface area contributed by atoms with Crippen LogP contribution in [0.4, 0.5) is 0 Å². The number of thioether (sulfide) groups is 1. The van der Waals surface area contributed by atoms with Crippen LogP contribution in [0.5, 0.6) is 0 Å². The molecule has 0 aliphatic heterocycles. The zero-order chi connectivity index (χ0) is 23.8. The first-order valence-electron chi connectivity index (χ1n) is 13.7. The van der Waals surface area contributed by atoms with Gasteiger partial charge in [0.15, 0.2) is 0 Å². The Labute approximate surface area is 205 Å². The zero-order valence-electron chi connectivity index (χ0n) is 22.0.